The van der Waals surface area contributed by atoms with Gasteiger partial charge in [-0.3, -0.25) is 24.6 Å². The Kier molecular flexibility index (Phi) is 10.4. The van der Waals surface area contributed by atoms with E-state index in [2.05, 4.69) is 88.5 Å². The van der Waals surface area contributed by atoms with E-state index in [0.717, 1.165) is 71.5 Å². The van der Waals surface area contributed by atoms with E-state index in [1.165, 1.54) is 11.1 Å². The Bertz CT molecular complexity index is 2420. The third-order valence-electron chi connectivity index (χ3n) is 10.8. The first-order chi connectivity index (χ1) is 27.5. The normalized spacial score (nSPS) is 16.8. The number of hydrogen-bond donors (Lipinski definition) is 3. The number of aryl methyl sites for hydroxylation is 1. The Morgan fingerprint density at radius 1 is 0.947 bits per heavy atom. The number of amides is 3. The second-order valence-corrected chi connectivity index (χ2v) is 16.0. The molecule has 3 amide bonds. The van der Waals surface area contributed by atoms with E-state index in [-0.39, 0.29) is 29.0 Å². The highest BCUT2D eigenvalue weighted by atomic mass is 16.5. The van der Waals surface area contributed by atoms with Crippen LogP contribution in [0.4, 0.5) is 5.82 Å². The van der Waals surface area contributed by atoms with Crippen molar-refractivity contribution in [3.8, 4) is 22.4 Å². The zero-order chi connectivity index (χ0) is 39.7. The van der Waals surface area contributed by atoms with Crippen LogP contribution in [-0.4, -0.2) is 71.5 Å². The Hall–Kier alpha value is -6.28. The lowest BCUT2D eigenvalue weighted by atomic mass is 9.90. The number of hydrogen-bond acceptors (Lipinski definition) is 11. The molecule has 0 spiro atoms. The molecule has 57 heavy (non-hydrogen) atoms. The lowest BCUT2D eigenvalue weighted by Gasteiger charge is -2.32. The number of pyridine rings is 1. The Morgan fingerprint density at radius 2 is 1.74 bits per heavy atom. The van der Waals surface area contributed by atoms with Gasteiger partial charge in [0.05, 0.1) is 11.2 Å². The second-order valence-electron chi connectivity index (χ2n) is 16.0. The molecule has 3 N–H and O–H groups in total. The van der Waals surface area contributed by atoms with Gasteiger partial charge in [0.25, 0.3) is 11.7 Å². The summed E-state index contributed by atoms with van der Waals surface area (Å²) >= 11 is 0. The number of nitrogens with zero attached hydrogens (tertiary/aromatic N) is 7. The minimum atomic E-state index is -0.438. The number of imide groups is 1. The molecule has 1 atom stereocenters. The second kappa shape index (κ2) is 15.7. The Balaban J connectivity index is 0.858. The minimum Gasteiger partial charge on any atom is -0.358 e. The first-order valence-electron chi connectivity index (χ1n) is 19.4. The largest absolute Gasteiger partial charge is 0.358 e. The van der Waals surface area contributed by atoms with Crippen molar-refractivity contribution in [1.82, 2.24) is 45.3 Å². The van der Waals surface area contributed by atoms with Crippen LogP contribution in [0.3, 0.4) is 0 Å². The zero-order valence-corrected chi connectivity index (χ0v) is 32.6. The van der Waals surface area contributed by atoms with Crippen molar-refractivity contribution in [2.75, 3.05) is 18.4 Å². The summed E-state index contributed by atoms with van der Waals surface area (Å²) in [6.45, 7) is 11.1. The van der Waals surface area contributed by atoms with Gasteiger partial charge in [-0.2, -0.15) is 10.1 Å². The summed E-state index contributed by atoms with van der Waals surface area (Å²) in [6, 6.07) is 20.6. The first-order valence-corrected chi connectivity index (χ1v) is 19.4. The van der Waals surface area contributed by atoms with Crippen LogP contribution in [-0.2, 0) is 28.1 Å². The van der Waals surface area contributed by atoms with Crippen molar-refractivity contribution in [3.63, 3.8) is 0 Å². The van der Waals surface area contributed by atoms with Gasteiger partial charge in [0, 0.05) is 48.4 Å². The van der Waals surface area contributed by atoms with Crippen molar-refractivity contribution in [2.45, 2.75) is 83.8 Å². The highest BCUT2D eigenvalue weighted by Gasteiger charge is 2.27. The highest BCUT2D eigenvalue weighted by molar-refractivity contribution is 6.01. The van der Waals surface area contributed by atoms with Gasteiger partial charge in [0.2, 0.25) is 17.7 Å². The number of piperidine rings is 2. The molecule has 0 bridgehead atoms. The fourth-order valence-electron chi connectivity index (χ4n) is 7.45. The lowest BCUT2D eigenvalue weighted by Crippen LogP contribution is -2.47. The fourth-order valence-corrected chi connectivity index (χ4v) is 7.45. The third kappa shape index (κ3) is 8.46. The van der Waals surface area contributed by atoms with Gasteiger partial charge in [0.15, 0.2) is 0 Å². The molecule has 2 aliphatic rings. The molecule has 2 saturated heterocycles. The Morgan fingerprint density at radius 3 is 2.44 bits per heavy atom. The number of aromatic nitrogens is 6. The summed E-state index contributed by atoms with van der Waals surface area (Å²) < 4.78 is 7.14. The highest BCUT2D eigenvalue weighted by Crippen LogP contribution is 2.31. The number of fused-ring (bicyclic) bond motifs is 1. The number of anilines is 1. The quantitative estimate of drug-likeness (QED) is 0.140. The van der Waals surface area contributed by atoms with Gasteiger partial charge in [0.1, 0.15) is 18.2 Å². The molecule has 292 valence electrons. The van der Waals surface area contributed by atoms with Gasteiger partial charge in [-0.15, -0.1) is 0 Å². The molecule has 14 nitrogen and oxygen atoms in total. The SMILES string of the molecule is Cc1cc(-c2ncnn3cc(-c4ccc(CN5CCC(c6ccc(N[C@H]7CCC(=O)NC7=O)nc6)CC5)cc4)cc23)ccc1CNC(=O)c1noc(C(C)(C)C)n1. The van der Waals surface area contributed by atoms with E-state index in [1.807, 2.05) is 62.8 Å². The molecule has 6 heterocycles. The molecule has 2 aliphatic heterocycles. The predicted molar refractivity (Wildman–Crippen MR) is 214 cm³/mol. The number of carbonyl (C=O) groups excluding carboxylic acids is 3. The maximum Gasteiger partial charge on any atom is 0.292 e. The van der Waals surface area contributed by atoms with Crippen molar-refractivity contribution >= 4 is 29.1 Å². The van der Waals surface area contributed by atoms with Crippen LogP contribution in [0.25, 0.3) is 27.9 Å². The van der Waals surface area contributed by atoms with E-state index >= 15 is 0 Å². The van der Waals surface area contributed by atoms with Crippen LogP contribution in [0.1, 0.15) is 91.1 Å². The number of likely N-dealkylation sites (tertiary alicyclic amines) is 1. The molecule has 2 fully saturated rings. The molecule has 4 aromatic heterocycles. The molecule has 2 aromatic carbocycles. The first kappa shape index (κ1) is 37.6. The van der Waals surface area contributed by atoms with Crippen LogP contribution in [0.5, 0.6) is 0 Å². The molecule has 14 heteroatoms. The van der Waals surface area contributed by atoms with E-state index < -0.39 is 6.04 Å². The molecule has 0 unspecified atom stereocenters. The molecular formula is C43H46N10O4. The number of benzene rings is 2. The maximum absolute atomic E-state index is 12.7. The molecule has 8 rings (SSSR count). The Labute approximate surface area is 330 Å². The van der Waals surface area contributed by atoms with Crippen LogP contribution < -0.4 is 16.0 Å². The van der Waals surface area contributed by atoms with Crippen molar-refractivity contribution in [1.29, 1.82) is 0 Å². The third-order valence-corrected chi connectivity index (χ3v) is 10.8. The van der Waals surface area contributed by atoms with Crippen molar-refractivity contribution in [2.24, 2.45) is 0 Å². The number of carbonyl (C=O) groups is 3. The van der Waals surface area contributed by atoms with E-state index in [4.69, 9.17) is 4.52 Å². The van der Waals surface area contributed by atoms with E-state index in [0.29, 0.717) is 37.0 Å². The van der Waals surface area contributed by atoms with E-state index in [1.54, 1.807) is 6.33 Å². The average Bonchev–Trinajstić information content (AvgIpc) is 3.89. The standard InChI is InChI=1S/C43H46N10O4/c1-26-19-30(9-10-31(26)21-45-41(56)39-50-42(57-51-39)43(2,3)4)38-35-20-33(24-53(35)47-25-46-38)28-7-5-27(6-8-28)23-52-17-15-29(16-18-52)32-11-13-36(44-22-32)48-34-12-14-37(54)49-40(34)55/h5-11,13,19-20,22,24-25,29,34H,12,14-18,21,23H2,1-4H3,(H,44,48)(H,45,56)(H,49,54,55)/t34-/m0/s1. The number of rotatable bonds is 10. The topological polar surface area (TPSA) is 173 Å². The predicted octanol–water partition coefficient (Wildman–Crippen LogP) is 5.97. The van der Waals surface area contributed by atoms with Gasteiger partial charge in [-0.1, -0.05) is 68.4 Å². The zero-order valence-electron chi connectivity index (χ0n) is 32.6. The summed E-state index contributed by atoms with van der Waals surface area (Å²) in [6.07, 6.45) is 8.44. The molecule has 6 aromatic rings. The maximum atomic E-state index is 12.7. The summed E-state index contributed by atoms with van der Waals surface area (Å²) in [5.74, 6) is 0.628. The molecule has 0 saturated carbocycles. The molecule has 0 radical (unpaired) electrons. The van der Waals surface area contributed by atoms with Crippen LogP contribution >= 0.6 is 0 Å². The van der Waals surface area contributed by atoms with Crippen LogP contribution in [0.15, 0.2) is 83.9 Å². The van der Waals surface area contributed by atoms with Gasteiger partial charge < -0.3 is 15.2 Å². The van der Waals surface area contributed by atoms with E-state index in [9.17, 15) is 14.4 Å². The fraction of sp³-hybridized carbons (Fsp3) is 0.349. The summed E-state index contributed by atoms with van der Waals surface area (Å²) in [4.78, 5) is 52.2. The lowest BCUT2D eigenvalue weighted by molar-refractivity contribution is -0.133. The molecule has 0 aliphatic carbocycles. The van der Waals surface area contributed by atoms with Crippen LogP contribution in [0.2, 0.25) is 0 Å². The van der Waals surface area contributed by atoms with Crippen molar-refractivity contribution in [3.05, 3.63) is 113 Å². The minimum absolute atomic E-state index is 0.0230. The van der Waals surface area contributed by atoms with Crippen LogP contribution in [0, 0.1) is 6.92 Å². The molecular weight excluding hydrogens is 721 g/mol. The van der Waals surface area contributed by atoms with Gasteiger partial charge in [-0.05, 0) is 91.2 Å². The summed E-state index contributed by atoms with van der Waals surface area (Å²) in [7, 11) is 0. The smallest absolute Gasteiger partial charge is 0.292 e. The summed E-state index contributed by atoms with van der Waals surface area (Å²) in [5, 5.41) is 16.8. The van der Waals surface area contributed by atoms with Gasteiger partial charge >= 0.3 is 0 Å². The monoisotopic (exact) mass is 766 g/mol. The van der Waals surface area contributed by atoms with Gasteiger partial charge in [-0.25, -0.2) is 14.5 Å². The van der Waals surface area contributed by atoms with Crippen molar-refractivity contribution < 1.29 is 18.9 Å². The summed E-state index contributed by atoms with van der Waals surface area (Å²) in [5.41, 5.74) is 9.00. The average molecular weight is 767 g/mol. The number of nitrogens with one attached hydrogen (secondary N) is 3.